The number of hydrogen-bond donors (Lipinski definition) is 2. The molecule has 2 rings (SSSR count). The summed E-state index contributed by atoms with van der Waals surface area (Å²) in [6.07, 6.45) is 2.42. The van der Waals surface area contributed by atoms with Crippen LogP contribution in [0, 0.1) is 5.92 Å². The lowest BCUT2D eigenvalue weighted by atomic mass is 9.99. The Balaban J connectivity index is 2.32. The number of carbonyl (C=O) groups excluding carboxylic acids is 1. The molecule has 0 aliphatic rings. The Morgan fingerprint density at radius 2 is 2.00 bits per heavy atom. The van der Waals surface area contributed by atoms with Gasteiger partial charge in [0, 0.05) is 24.1 Å². The Morgan fingerprint density at radius 3 is 2.62 bits per heavy atom. The van der Waals surface area contributed by atoms with Gasteiger partial charge in [0.05, 0.1) is 5.56 Å². The summed E-state index contributed by atoms with van der Waals surface area (Å²) >= 11 is 0. The minimum atomic E-state index is -1.00. The van der Waals surface area contributed by atoms with E-state index in [0.717, 1.165) is 10.9 Å². The number of carboxylic acid groups (broad SMARTS) is 1. The molecule has 0 unspecified atom stereocenters. The average molecular weight is 288 g/mol. The van der Waals surface area contributed by atoms with E-state index in [1.54, 1.807) is 6.20 Å². The fraction of sp³-hybridized carbons (Fsp3) is 0.375. The average Bonchev–Trinajstić information content (AvgIpc) is 2.81. The Labute approximate surface area is 123 Å². The van der Waals surface area contributed by atoms with Gasteiger partial charge in [0.1, 0.15) is 6.04 Å². The number of benzene rings is 1. The summed E-state index contributed by atoms with van der Waals surface area (Å²) in [5.41, 5.74) is 1.45. The number of carbonyl (C=O) groups is 2. The second kappa shape index (κ2) is 5.99. The van der Waals surface area contributed by atoms with E-state index >= 15 is 0 Å². The third-order valence-electron chi connectivity index (χ3n) is 3.91. The lowest BCUT2D eigenvalue weighted by Crippen LogP contribution is -2.44. The van der Waals surface area contributed by atoms with Gasteiger partial charge in [0.2, 0.25) is 0 Å². The van der Waals surface area contributed by atoms with Gasteiger partial charge < -0.3 is 15.0 Å². The van der Waals surface area contributed by atoms with E-state index < -0.39 is 12.0 Å². The van der Waals surface area contributed by atoms with Gasteiger partial charge in [-0.25, -0.2) is 4.79 Å². The predicted molar refractivity (Wildman–Crippen MR) is 81.3 cm³/mol. The molecule has 5 heteroatoms. The topological polar surface area (TPSA) is 71.3 Å². The zero-order valence-electron chi connectivity index (χ0n) is 12.5. The molecule has 2 atom stereocenters. The molecule has 1 aromatic heterocycles. The highest BCUT2D eigenvalue weighted by Crippen LogP contribution is 2.20. The molecule has 2 N–H and O–H groups in total. The number of aromatic nitrogens is 1. The van der Waals surface area contributed by atoms with Crippen LogP contribution in [-0.4, -0.2) is 27.6 Å². The number of hydrogen-bond acceptors (Lipinski definition) is 2. The number of nitrogens with zero attached hydrogens (tertiary/aromatic N) is 1. The second-order valence-corrected chi connectivity index (χ2v) is 5.35. The zero-order chi connectivity index (χ0) is 15.6. The largest absolute Gasteiger partial charge is 0.480 e. The van der Waals surface area contributed by atoms with Crippen LogP contribution in [0.3, 0.4) is 0 Å². The van der Waals surface area contributed by atoms with Gasteiger partial charge in [-0.15, -0.1) is 0 Å². The Bertz CT molecular complexity index is 675. The summed E-state index contributed by atoms with van der Waals surface area (Å²) in [5, 5.41) is 12.7. The van der Waals surface area contributed by atoms with E-state index in [1.807, 2.05) is 49.7 Å². The number of para-hydroxylation sites is 1. The van der Waals surface area contributed by atoms with E-state index in [9.17, 15) is 14.7 Å². The smallest absolute Gasteiger partial charge is 0.326 e. The van der Waals surface area contributed by atoms with Crippen LogP contribution < -0.4 is 5.32 Å². The Kier molecular flexibility index (Phi) is 4.31. The standard InChI is InChI=1S/C16H20N2O3/c1-4-10(2)14(16(20)21)17-15(19)12-9-18(3)13-8-6-5-7-11(12)13/h5-10,14H,4H2,1-3H3,(H,17,19)(H,20,21)/t10-,14-/m0/s1. The SMILES string of the molecule is CC[C@H](C)[C@H](NC(=O)c1cn(C)c2ccccc12)C(=O)O. The monoisotopic (exact) mass is 288 g/mol. The van der Waals surface area contributed by atoms with Crippen molar-refractivity contribution in [3.63, 3.8) is 0 Å². The number of carboxylic acids is 1. The second-order valence-electron chi connectivity index (χ2n) is 5.35. The van der Waals surface area contributed by atoms with Crippen molar-refractivity contribution in [2.75, 3.05) is 0 Å². The summed E-state index contributed by atoms with van der Waals surface area (Å²) in [6, 6.07) is 6.69. The van der Waals surface area contributed by atoms with Gasteiger partial charge in [0.15, 0.2) is 0 Å². The highest BCUT2D eigenvalue weighted by molar-refractivity contribution is 6.07. The van der Waals surface area contributed by atoms with Crippen molar-refractivity contribution in [2.45, 2.75) is 26.3 Å². The molecular formula is C16H20N2O3. The van der Waals surface area contributed by atoms with Crippen LogP contribution in [0.2, 0.25) is 0 Å². The maximum absolute atomic E-state index is 12.4. The van der Waals surface area contributed by atoms with Crippen molar-refractivity contribution >= 4 is 22.8 Å². The van der Waals surface area contributed by atoms with Crippen molar-refractivity contribution < 1.29 is 14.7 Å². The highest BCUT2D eigenvalue weighted by atomic mass is 16.4. The molecule has 0 aliphatic carbocycles. The number of amides is 1. The van der Waals surface area contributed by atoms with Crippen LogP contribution in [0.1, 0.15) is 30.6 Å². The van der Waals surface area contributed by atoms with E-state index in [4.69, 9.17) is 0 Å². The molecule has 21 heavy (non-hydrogen) atoms. The summed E-state index contributed by atoms with van der Waals surface area (Å²) in [7, 11) is 1.86. The Morgan fingerprint density at radius 1 is 1.33 bits per heavy atom. The molecule has 0 fully saturated rings. The van der Waals surface area contributed by atoms with Gasteiger partial charge >= 0.3 is 5.97 Å². The van der Waals surface area contributed by atoms with E-state index in [2.05, 4.69) is 5.32 Å². The molecule has 0 bridgehead atoms. The van der Waals surface area contributed by atoms with Crippen LogP contribution in [-0.2, 0) is 11.8 Å². The summed E-state index contributed by atoms with van der Waals surface area (Å²) in [6.45, 7) is 3.73. The molecule has 0 saturated carbocycles. The lowest BCUT2D eigenvalue weighted by molar-refractivity contribution is -0.140. The number of aryl methyl sites for hydroxylation is 1. The minimum Gasteiger partial charge on any atom is -0.480 e. The normalized spacial score (nSPS) is 13.9. The van der Waals surface area contributed by atoms with E-state index in [1.165, 1.54) is 0 Å². The molecule has 0 spiro atoms. The summed E-state index contributed by atoms with van der Waals surface area (Å²) in [5.74, 6) is -1.47. The van der Waals surface area contributed by atoms with Crippen LogP contribution in [0.15, 0.2) is 30.5 Å². The van der Waals surface area contributed by atoms with E-state index in [-0.39, 0.29) is 11.8 Å². The molecule has 0 radical (unpaired) electrons. The van der Waals surface area contributed by atoms with Crippen molar-refractivity contribution in [1.82, 2.24) is 9.88 Å². The van der Waals surface area contributed by atoms with Gasteiger partial charge in [-0.1, -0.05) is 38.5 Å². The minimum absolute atomic E-state index is 0.124. The van der Waals surface area contributed by atoms with Crippen molar-refractivity contribution in [3.05, 3.63) is 36.0 Å². The van der Waals surface area contributed by atoms with Crippen LogP contribution >= 0.6 is 0 Å². The van der Waals surface area contributed by atoms with Gasteiger partial charge in [-0.2, -0.15) is 0 Å². The fourth-order valence-electron chi connectivity index (χ4n) is 2.42. The molecule has 0 saturated heterocycles. The molecular weight excluding hydrogens is 268 g/mol. The summed E-state index contributed by atoms with van der Waals surface area (Å²) in [4.78, 5) is 23.7. The zero-order valence-corrected chi connectivity index (χ0v) is 12.5. The fourth-order valence-corrected chi connectivity index (χ4v) is 2.42. The Hall–Kier alpha value is -2.30. The maximum atomic E-state index is 12.4. The molecule has 2 aromatic rings. The van der Waals surface area contributed by atoms with Gasteiger partial charge in [-0.05, 0) is 12.0 Å². The number of nitrogens with one attached hydrogen (secondary N) is 1. The van der Waals surface area contributed by atoms with Crippen LogP contribution in [0.25, 0.3) is 10.9 Å². The first-order valence-corrected chi connectivity index (χ1v) is 7.03. The number of rotatable bonds is 5. The van der Waals surface area contributed by atoms with Crippen molar-refractivity contribution in [1.29, 1.82) is 0 Å². The number of aliphatic carboxylic acids is 1. The molecule has 112 valence electrons. The third kappa shape index (κ3) is 2.91. The van der Waals surface area contributed by atoms with Crippen LogP contribution in [0.5, 0.6) is 0 Å². The maximum Gasteiger partial charge on any atom is 0.326 e. The van der Waals surface area contributed by atoms with Crippen molar-refractivity contribution in [3.8, 4) is 0 Å². The van der Waals surface area contributed by atoms with Crippen LogP contribution in [0.4, 0.5) is 0 Å². The highest BCUT2D eigenvalue weighted by Gasteiger charge is 2.26. The summed E-state index contributed by atoms with van der Waals surface area (Å²) < 4.78 is 1.86. The van der Waals surface area contributed by atoms with Crippen molar-refractivity contribution in [2.24, 2.45) is 13.0 Å². The van der Waals surface area contributed by atoms with E-state index in [0.29, 0.717) is 12.0 Å². The quantitative estimate of drug-likeness (QED) is 0.887. The number of fused-ring (bicyclic) bond motifs is 1. The lowest BCUT2D eigenvalue weighted by Gasteiger charge is -2.19. The molecule has 0 aliphatic heterocycles. The molecule has 1 heterocycles. The third-order valence-corrected chi connectivity index (χ3v) is 3.91. The first-order chi connectivity index (χ1) is 9.95. The predicted octanol–water partition coefficient (Wildman–Crippen LogP) is 2.41. The molecule has 5 nitrogen and oxygen atoms in total. The first kappa shape index (κ1) is 15.1. The van der Waals surface area contributed by atoms with Gasteiger partial charge in [0.25, 0.3) is 5.91 Å². The van der Waals surface area contributed by atoms with Gasteiger partial charge in [-0.3, -0.25) is 4.79 Å². The first-order valence-electron chi connectivity index (χ1n) is 7.03. The molecule has 1 aromatic carbocycles. The molecule has 1 amide bonds.